The number of carboxylic acids is 1. The summed E-state index contributed by atoms with van der Waals surface area (Å²) in [6.07, 6.45) is 7.79. The molecule has 1 aliphatic rings. The number of aliphatic carboxylic acids is 1. The van der Waals surface area contributed by atoms with Crippen molar-refractivity contribution in [2.75, 3.05) is 44.4 Å². The van der Waals surface area contributed by atoms with Crippen LogP contribution >= 0.6 is 0 Å². The number of aryl methyl sites for hydroxylation is 1. The largest absolute Gasteiger partial charge is 0.493 e. The van der Waals surface area contributed by atoms with Gasteiger partial charge in [-0.05, 0) is 68.9 Å². The van der Waals surface area contributed by atoms with Crippen LogP contribution in [-0.4, -0.2) is 75.4 Å². The molecule has 5 rings (SSSR count). The molecule has 4 aromatic rings. The molecule has 3 N–H and O–H groups in total. The third-order valence-corrected chi connectivity index (χ3v) is 7.01. The van der Waals surface area contributed by atoms with Crippen LogP contribution in [0.3, 0.4) is 0 Å². The van der Waals surface area contributed by atoms with Crippen molar-refractivity contribution in [2.24, 2.45) is 0 Å². The molecule has 1 aliphatic heterocycles. The lowest BCUT2D eigenvalue weighted by Gasteiger charge is -2.18. The molecule has 4 heterocycles. The zero-order chi connectivity index (χ0) is 28.8. The first-order valence-electron chi connectivity index (χ1n) is 13.8. The molecule has 1 unspecified atom stereocenters. The number of pyridine rings is 2. The average molecular weight is 558 g/mol. The van der Waals surface area contributed by atoms with E-state index in [2.05, 4.69) is 26.8 Å². The van der Waals surface area contributed by atoms with Crippen molar-refractivity contribution in [3.63, 3.8) is 0 Å². The average Bonchev–Trinajstić information content (AvgIpc) is 3.38. The Bertz CT molecular complexity index is 1530. The lowest BCUT2D eigenvalue weighted by Crippen LogP contribution is -2.21. The molecule has 11 nitrogen and oxygen atoms in total. The number of rotatable bonds is 12. The van der Waals surface area contributed by atoms with Gasteiger partial charge in [0, 0.05) is 43.2 Å². The molecule has 0 saturated carbocycles. The molecule has 0 aliphatic carbocycles. The van der Waals surface area contributed by atoms with Crippen molar-refractivity contribution in [3.05, 3.63) is 71.9 Å². The van der Waals surface area contributed by atoms with Gasteiger partial charge in [-0.3, -0.25) is 24.2 Å². The highest BCUT2D eigenvalue weighted by Gasteiger charge is 2.22. The van der Waals surface area contributed by atoms with Crippen molar-refractivity contribution >= 4 is 34.2 Å². The van der Waals surface area contributed by atoms with Crippen molar-refractivity contribution < 1.29 is 19.4 Å². The van der Waals surface area contributed by atoms with Gasteiger partial charge in [0.25, 0.3) is 0 Å². The summed E-state index contributed by atoms with van der Waals surface area (Å²) in [5.41, 5.74) is 5.16. The van der Waals surface area contributed by atoms with Crippen LogP contribution in [0.2, 0.25) is 0 Å². The summed E-state index contributed by atoms with van der Waals surface area (Å²) in [6, 6.07) is 10.9. The molecule has 0 spiro atoms. The van der Waals surface area contributed by atoms with Crippen molar-refractivity contribution in [1.82, 2.24) is 24.6 Å². The van der Waals surface area contributed by atoms with E-state index >= 15 is 0 Å². The molecule has 214 valence electrons. The Morgan fingerprint density at radius 3 is 2.88 bits per heavy atom. The van der Waals surface area contributed by atoms with Gasteiger partial charge in [-0.2, -0.15) is 5.10 Å². The highest BCUT2D eigenvalue weighted by Crippen LogP contribution is 2.29. The van der Waals surface area contributed by atoms with E-state index in [0.717, 1.165) is 47.4 Å². The normalized spacial score (nSPS) is 13.4. The number of carbonyl (C=O) groups excluding carboxylic acids is 1. The van der Waals surface area contributed by atoms with Gasteiger partial charge in [-0.25, -0.2) is 0 Å². The van der Waals surface area contributed by atoms with Gasteiger partial charge in [0.15, 0.2) is 0 Å². The number of fused-ring (bicyclic) bond motifs is 2. The molecule has 3 aromatic heterocycles. The van der Waals surface area contributed by atoms with Gasteiger partial charge in [0.2, 0.25) is 5.91 Å². The van der Waals surface area contributed by atoms with E-state index in [1.54, 1.807) is 29.3 Å². The Balaban J connectivity index is 1.29. The monoisotopic (exact) mass is 557 g/mol. The number of aromatic nitrogens is 4. The van der Waals surface area contributed by atoms with E-state index in [0.29, 0.717) is 43.0 Å². The maximum atomic E-state index is 12.3. The molecule has 0 fully saturated rings. The molecular formula is C30H35N7O4. The lowest BCUT2D eigenvalue weighted by atomic mass is 10.0. The number of amides is 1. The minimum absolute atomic E-state index is 0.135. The number of benzene rings is 1. The quantitative estimate of drug-likeness (QED) is 0.238. The Hall–Kier alpha value is -4.51. The first kappa shape index (κ1) is 28.0. The predicted octanol–water partition coefficient (Wildman–Crippen LogP) is 3.76. The van der Waals surface area contributed by atoms with Crippen molar-refractivity contribution in [2.45, 2.75) is 38.1 Å². The molecule has 1 amide bonds. The van der Waals surface area contributed by atoms with Crippen LogP contribution in [0, 0.1) is 0 Å². The summed E-state index contributed by atoms with van der Waals surface area (Å²) < 4.78 is 7.72. The molecule has 0 radical (unpaired) electrons. The number of ether oxygens (including phenoxy) is 1. The molecule has 1 aromatic carbocycles. The second kappa shape index (κ2) is 12.8. The van der Waals surface area contributed by atoms with Crippen LogP contribution in [0.4, 0.5) is 11.4 Å². The minimum Gasteiger partial charge on any atom is -0.493 e. The van der Waals surface area contributed by atoms with Crippen LogP contribution in [-0.2, 0) is 22.4 Å². The second-order valence-corrected chi connectivity index (χ2v) is 10.5. The maximum absolute atomic E-state index is 12.3. The first-order valence-corrected chi connectivity index (χ1v) is 13.8. The number of hydrogen-bond acceptors (Lipinski definition) is 8. The number of nitrogens with one attached hydrogen (secondary N) is 2. The Labute approximate surface area is 238 Å². The van der Waals surface area contributed by atoms with E-state index < -0.39 is 12.0 Å². The van der Waals surface area contributed by atoms with Gasteiger partial charge in [0.05, 0.1) is 54.0 Å². The molecular weight excluding hydrogens is 522 g/mol. The van der Waals surface area contributed by atoms with E-state index in [9.17, 15) is 14.7 Å². The third-order valence-electron chi connectivity index (χ3n) is 7.01. The highest BCUT2D eigenvalue weighted by atomic mass is 16.5. The van der Waals surface area contributed by atoms with Gasteiger partial charge in [-0.15, -0.1) is 0 Å². The summed E-state index contributed by atoms with van der Waals surface area (Å²) >= 11 is 0. The molecule has 0 saturated heterocycles. The fourth-order valence-corrected chi connectivity index (χ4v) is 4.93. The van der Waals surface area contributed by atoms with E-state index in [-0.39, 0.29) is 12.3 Å². The van der Waals surface area contributed by atoms with Gasteiger partial charge in [-0.1, -0.05) is 0 Å². The van der Waals surface area contributed by atoms with Crippen LogP contribution in [0.5, 0.6) is 5.75 Å². The Kier molecular flexibility index (Phi) is 8.73. The molecule has 41 heavy (non-hydrogen) atoms. The van der Waals surface area contributed by atoms with Crippen molar-refractivity contribution in [3.8, 4) is 5.75 Å². The topological polar surface area (TPSA) is 134 Å². The predicted molar refractivity (Wildman–Crippen MR) is 156 cm³/mol. The molecule has 11 heteroatoms. The summed E-state index contributed by atoms with van der Waals surface area (Å²) in [4.78, 5) is 35.1. The number of carbonyl (C=O) groups is 2. The maximum Gasteiger partial charge on any atom is 0.305 e. The van der Waals surface area contributed by atoms with Gasteiger partial charge >= 0.3 is 5.97 Å². The van der Waals surface area contributed by atoms with Gasteiger partial charge in [0.1, 0.15) is 5.75 Å². The van der Waals surface area contributed by atoms with Crippen LogP contribution in [0.1, 0.15) is 42.3 Å². The number of carboxylic acid groups (broad SMARTS) is 1. The molecule has 1 atom stereocenters. The van der Waals surface area contributed by atoms with E-state index in [4.69, 9.17) is 9.72 Å². The summed E-state index contributed by atoms with van der Waals surface area (Å²) in [7, 11) is 3.81. The van der Waals surface area contributed by atoms with Gasteiger partial charge < -0.3 is 25.4 Å². The third kappa shape index (κ3) is 7.17. The summed E-state index contributed by atoms with van der Waals surface area (Å²) in [5.74, 6) is -0.398. The summed E-state index contributed by atoms with van der Waals surface area (Å²) in [5, 5.41) is 21.3. The van der Waals surface area contributed by atoms with Crippen LogP contribution < -0.4 is 15.4 Å². The fraction of sp³-hybridized carbons (Fsp3) is 0.367. The Morgan fingerprint density at radius 1 is 1.17 bits per heavy atom. The first-order chi connectivity index (χ1) is 19.9. The Morgan fingerprint density at radius 2 is 2.05 bits per heavy atom. The fourth-order valence-electron chi connectivity index (χ4n) is 4.93. The van der Waals surface area contributed by atoms with E-state index in [1.165, 1.54) is 0 Å². The zero-order valence-corrected chi connectivity index (χ0v) is 23.3. The number of anilines is 2. The number of hydrogen-bond donors (Lipinski definition) is 3. The van der Waals surface area contributed by atoms with E-state index in [1.807, 2.05) is 43.3 Å². The SMILES string of the molecule is CN(C)CCC(=O)Nc1cncc(C(CC(=O)O)n2ncc3cc(OCCc4ccc5c(n4)CCCN5)ccc32)c1. The zero-order valence-electron chi connectivity index (χ0n) is 23.3. The molecule has 0 bridgehead atoms. The smallest absolute Gasteiger partial charge is 0.305 e. The number of nitrogens with zero attached hydrogens (tertiary/aromatic N) is 5. The standard InChI is InChI=1S/C30H35N7O4/c1-36(2)12-9-29(38)35-23-14-20(17-31-19-23)28(16-30(39)40)37-27-8-6-24(15-21(27)18-33-37)41-13-10-22-5-7-25-26(34-22)4-3-11-32-25/h5-8,14-15,17-19,28,32H,3-4,9-13,16H2,1-2H3,(H,35,38)(H,39,40). The van der Waals surface area contributed by atoms with Crippen LogP contribution in [0.25, 0.3) is 10.9 Å². The van der Waals surface area contributed by atoms with Crippen molar-refractivity contribution in [1.29, 1.82) is 0 Å². The lowest BCUT2D eigenvalue weighted by molar-refractivity contribution is -0.137. The summed E-state index contributed by atoms with van der Waals surface area (Å²) in [6.45, 7) is 2.10. The van der Waals surface area contributed by atoms with Crippen LogP contribution in [0.15, 0.2) is 55.0 Å². The highest BCUT2D eigenvalue weighted by molar-refractivity contribution is 5.90. The minimum atomic E-state index is -0.967. The second-order valence-electron chi connectivity index (χ2n) is 10.5.